The van der Waals surface area contributed by atoms with Crippen LogP contribution < -0.4 is 15.4 Å². The van der Waals surface area contributed by atoms with Gasteiger partial charge in [0.2, 0.25) is 21.7 Å². The molecular formula is C31H41N5O6S. The molecule has 0 aromatic carbocycles. The van der Waals surface area contributed by atoms with E-state index >= 15 is 0 Å². The minimum absolute atomic E-state index is 0.0351. The quantitative estimate of drug-likeness (QED) is 0.196. The van der Waals surface area contributed by atoms with Crippen molar-refractivity contribution < 1.29 is 27.2 Å². The van der Waals surface area contributed by atoms with Gasteiger partial charge in [-0.15, -0.1) is 0 Å². The maximum absolute atomic E-state index is 13.5. The fourth-order valence-corrected chi connectivity index (χ4v) is 6.34. The predicted octanol–water partition coefficient (Wildman–Crippen LogP) is 6.08. The molecule has 0 radical (unpaired) electrons. The van der Waals surface area contributed by atoms with Crippen LogP contribution in [0.4, 0.5) is 17.3 Å². The third kappa shape index (κ3) is 8.85. The molecule has 2 amide bonds. The van der Waals surface area contributed by atoms with Gasteiger partial charge in [0.25, 0.3) is 5.91 Å². The molecule has 1 atom stereocenters. The topological polar surface area (TPSA) is 160 Å². The van der Waals surface area contributed by atoms with Gasteiger partial charge in [0.05, 0.1) is 6.26 Å². The molecule has 1 aliphatic carbocycles. The third-order valence-electron chi connectivity index (χ3n) is 8.12. The van der Waals surface area contributed by atoms with E-state index in [2.05, 4.69) is 32.2 Å². The van der Waals surface area contributed by atoms with Gasteiger partial charge in [-0.1, -0.05) is 32.3 Å². The minimum Gasteiger partial charge on any atom is -0.447 e. The van der Waals surface area contributed by atoms with Gasteiger partial charge in [-0.3, -0.25) is 14.3 Å². The van der Waals surface area contributed by atoms with Crippen molar-refractivity contribution in [3.63, 3.8) is 0 Å². The summed E-state index contributed by atoms with van der Waals surface area (Å²) in [4.78, 5) is 46.7. The van der Waals surface area contributed by atoms with Crippen molar-refractivity contribution in [3.05, 3.63) is 41.8 Å². The number of fused-ring (bicyclic) bond motifs is 1. The molecule has 4 rings (SSSR count). The Morgan fingerprint density at radius 2 is 1.74 bits per heavy atom. The van der Waals surface area contributed by atoms with E-state index < -0.39 is 15.9 Å². The smallest absolute Gasteiger partial charge is 0.294 e. The van der Waals surface area contributed by atoms with Crippen LogP contribution in [0.25, 0.3) is 11.1 Å². The van der Waals surface area contributed by atoms with Gasteiger partial charge in [-0.05, 0) is 81.5 Å². The number of nitrogens with zero attached hydrogens (tertiary/aromatic N) is 2. The molecule has 12 heteroatoms. The van der Waals surface area contributed by atoms with Crippen molar-refractivity contribution in [1.82, 2.24) is 9.97 Å². The third-order valence-corrected chi connectivity index (χ3v) is 8.70. The molecule has 1 fully saturated rings. The Kier molecular flexibility index (Phi) is 10.5. The number of aromatic nitrogens is 2. The Bertz CT molecular complexity index is 1560. The van der Waals surface area contributed by atoms with Gasteiger partial charge in [-0.25, -0.2) is 18.4 Å². The summed E-state index contributed by atoms with van der Waals surface area (Å²) in [7, 11) is -3.61. The van der Waals surface area contributed by atoms with Crippen LogP contribution in [0.2, 0.25) is 0 Å². The zero-order valence-electron chi connectivity index (χ0n) is 25.2. The van der Waals surface area contributed by atoms with E-state index in [4.69, 9.17) is 4.42 Å². The first-order valence-electron chi connectivity index (χ1n) is 14.9. The summed E-state index contributed by atoms with van der Waals surface area (Å²) in [5, 5.41) is 5.59. The fourth-order valence-electron chi connectivity index (χ4n) is 5.85. The van der Waals surface area contributed by atoms with Gasteiger partial charge >= 0.3 is 0 Å². The number of carbonyl (C=O) groups is 3. The molecule has 43 heavy (non-hydrogen) atoms. The summed E-state index contributed by atoms with van der Waals surface area (Å²) in [5.41, 5.74) is 1.39. The number of carbonyl (C=O) groups excluding carboxylic acids is 3. The average molecular weight is 612 g/mol. The van der Waals surface area contributed by atoms with Crippen LogP contribution in [0.1, 0.15) is 87.8 Å². The standard InChI is InChI=1S/C31H41N5O6S/c1-5-21(9-7-6-8-20(3)37)22-11-13-23(14-12-22)30(38)35-28-27-24(15-17-26(33-27)36-43(4,40)41)42-29(28)31(39)34-25-16-10-19(2)18-32-25/h10,15-18,21-23H,5-9,11-14H2,1-4H3,(H,33,36)(H,35,38)(H,32,34,39). The minimum atomic E-state index is -3.61. The molecule has 3 aromatic heterocycles. The molecule has 1 unspecified atom stereocenters. The van der Waals surface area contributed by atoms with Gasteiger partial charge < -0.3 is 19.8 Å². The average Bonchev–Trinajstić information content (AvgIpc) is 3.31. The largest absolute Gasteiger partial charge is 0.447 e. The molecule has 3 heterocycles. The van der Waals surface area contributed by atoms with Crippen molar-refractivity contribution in [2.24, 2.45) is 17.8 Å². The summed E-state index contributed by atoms with van der Waals surface area (Å²) in [6, 6.07) is 6.39. The van der Waals surface area contributed by atoms with Crippen molar-refractivity contribution in [2.45, 2.75) is 78.6 Å². The lowest BCUT2D eigenvalue weighted by Crippen LogP contribution is -2.30. The van der Waals surface area contributed by atoms with Crippen LogP contribution in [0.15, 0.2) is 34.9 Å². The monoisotopic (exact) mass is 611 g/mol. The number of pyridine rings is 2. The van der Waals surface area contributed by atoms with E-state index in [1.807, 2.05) is 6.92 Å². The maximum Gasteiger partial charge on any atom is 0.294 e. The number of sulfonamides is 1. The lowest BCUT2D eigenvalue weighted by atomic mass is 9.73. The number of nitrogens with one attached hydrogen (secondary N) is 3. The number of hydrogen-bond donors (Lipinski definition) is 3. The molecule has 0 bridgehead atoms. The Labute approximate surface area is 252 Å². The molecule has 11 nitrogen and oxygen atoms in total. The molecule has 3 N–H and O–H groups in total. The highest BCUT2D eigenvalue weighted by atomic mass is 32.2. The lowest BCUT2D eigenvalue weighted by molar-refractivity contribution is -0.121. The van der Waals surface area contributed by atoms with Crippen molar-refractivity contribution in [2.75, 3.05) is 21.6 Å². The highest BCUT2D eigenvalue weighted by molar-refractivity contribution is 7.92. The number of amides is 2. The van der Waals surface area contributed by atoms with Gasteiger partial charge in [0.15, 0.2) is 5.58 Å². The second-order valence-electron chi connectivity index (χ2n) is 11.6. The number of aryl methyl sites for hydroxylation is 1. The zero-order valence-corrected chi connectivity index (χ0v) is 26.1. The van der Waals surface area contributed by atoms with E-state index in [0.717, 1.165) is 63.2 Å². The summed E-state index contributed by atoms with van der Waals surface area (Å²) in [6.45, 7) is 5.72. The number of furan rings is 1. The summed E-state index contributed by atoms with van der Waals surface area (Å²) < 4.78 is 31.8. The number of Topliss-reactive ketones (excluding diaryl/α,β-unsaturated/α-hetero) is 1. The molecule has 0 spiro atoms. The first-order valence-corrected chi connectivity index (χ1v) is 16.8. The number of ketones is 1. The van der Waals surface area contributed by atoms with Gasteiger partial charge in [-0.2, -0.15) is 0 Å². The van der Waals surface area contributed by atoms with E-state index in [1.165, 1.54) is 12.1 Å². The molecular weight excluding hydrogens is 570 g/mol. The van der Waals surface area contributed by atoms with E-state index in [0.29, 0.717) is 24.1 Å². The highest BCUT2D eigenvalue weighted by Gasteiger charge is 2.32. The van der Waals surface area contributed by atoms with Crippen LogP contribution in [0, 0.1) is 24.7 Å². The second kappa shape index (κ2) is 14.1. The van der Waals surface area contributed by atoms with E-state index in [-0.39, 0.29) is 46.0 Å². The molecule has 1 saturated carbocycles. The fraction of sp³-hybridized carbons (Fsp3) is 0.516. The molecule has 3 aromatic rings. The summed E-state index contributed by atoms with van der Waals surface area (Å²) in [6.07, 6.45) is 10.7. The first-order chi connectivity index (χ1) is 20.4. The predicted molar refractivity (Wildman–Crippen MR) is 166 cm³/mol. The molecule has 232 valence electrons. The highest BCUT2D eigenvalue weighted by Crippen LogP contribution is 2.38. The van der Waals surface area contributed by atoms with Gasteiger partial charge in [0.1, 0.15) is 28.6 Å². The van der Waals surface area contributed by atoms with Crippen LogP contribution in [-0.4, -0.2) is 42.2 Å². The molecule has 1 aliphatic rings. The summed E-state index contributed by atoms with van der Waals surface area (Å²) in [5.74, 6) is 0.431. The Morgan fingerprint density at radius 1 is 1.02 bits per heavy atom. The Morgan fingerprint density at radius 3 is 2.37 bits per heavy atom. The van der Waals surface area contributed by atoms with Crippen LogP contribution in [0.5, 0.6) is 0 Å². The number of hydrogen-bond acceptors (Lipinski definition) is 8. The first kappa shape index (κ1) is 32.1. The maximum atomic E-state index is 13.5. The number of unbranched alkanes of at least 4 members (excludes halogenated alkanes) is 1. The molecule has 0 saturated heterocycles. The number of rotatable bonds is 13. The van der Waals surface area contributed by atoms with Crippen molar-refractivity contribution in [1.29, 1.82) is 0 Å². The summed E-state index contributed by atoms with van der Waals surface area (Å²) >= 11 is 0. The van der Waals surface area contributed by atoms with Crippen LogP contribution in [0.3, 0.4) is 0 Å². The normalized spacial score (nSPS) is 17.8. The SMILES string of the molecule is CCC(CCCCC(C)=O)C1CCC(C(=O)Nc2c(C(=O)Nc3ccc(C)cn3)oc3ccc(NS(C)(=O)=O)nc23)CC1. The van der Waals surface area contributed by atoms with Gasteiger partial charge in [0, 0.05) is 18.5 Å². The van der Waals surface area contributed by atoms with E-state index in [1.54, 1.807) is 25.3 Å². The molecule has 0 aliphatic heterocycles. The van der Waals surface area contributed by atoms with Crippen LogP contribution >= 0.6 is 0 Å². The Hall–Kier alpha value is -3.80. The second-order valence-corrected chi connectivity index (χ2v) is 13.4. The van der Waals surface area contributed by atoms with Crippen LogP contribution in [-0.2, 0) is 19.6 Å². The lowest BCUT2D eigenvalue weighted by Gasteiger charge is -2.33. The van der Waals surface area contributed by atoms with Crippen molar-refractivity contribution >= 4 is 56.0 Å². The number of anilines is 3. The zero-order chi connectivity index (χ0) is 31.1. The Balaban J connectivity index is 1.51. The van der Waals surface area contributed by atoms with Crippen molar-refractivity contribution in [3.8, 4) is 0 Å². The van der Waals surface area contributed by atoms with E-state index in [9.17, 15) is 22.8 Å².